The van der Waals surface area contributed by atoms with Gasteiger partial charge in [0.1, 0.15) is 0 Å². The molecule has 3 N–H and O–H groups in total. The molecule has 106 valence electrons. The summed E-state index contributed by atoms with van der Waals surface area (Å²) in [6, 6.07) is 10.1. The van der Waals surface area contributed by atoms with Gasteiger partial charge in [0.15, 0.2) is 5.69 Å². The van der Waals surface area contributed by atoms with Crippen molar-refractivity contribution in [2.24, 2.45) is 0 Å². The number of hydrogen-bond donors (Lipinski definition) is 2. The average Bonchev–Trinajstić information content (AvgIpc) is 2.86. The summed E-state index contributed by atoms with van der Waals surface area (Å²) in [4.78, 5) is 13.9. The summed E-state index contributed by atoms with van der Waals surface area (Å²) < 4.78 is 0. The molecular weight excluding hydrogens is 252 g/mol. The molecule has 1 amide bonds. The van der Waals surface area contributed by atoms with Gasteiger partial charge in [0.25, 0.3) is 5.91 Å². The first-order valence-corrected chi connectivity index (χ1v) is 6.75. The Kier molecular flexibility index (Phi) is 4.40. The highest BCUT2D eigenvalue weighted by Crippen LogP contribution is 2.16. The first-order chi connectivity index (χ1) is 9.63. The van der Waals surface area contributed by atoms with Crippen LogP contribution in [0.1, 0.15) is 28.7 Å². The lowest BCUT2D eigenvalue weighted by Crippen LogP contribution is -2.29. The molecule has 2 rings (SSSR count). The number of carbonyl (C=O) groups is 1. The molecule has 2 aromatic rings. The third-order valence-electron chi connectivity index (χ3n) is 3.36. The van der Waals surface area contributed by atoms with Crippen molar-refractivity contribution in [3.63, 3.8) is 0 Å². The number of rotatable bonds is 5. The van der Waals surface area contributed by atoms with Crippen LogP contribution in [0, 0.1) is 0 Å². The van der Waals surface area contributed by atoms with E-state index in [2.05, 4.69) is 22.3 Å². The Balaban J connectivity index is 2.00. The van der Waals surface area contributed by atoms with Crippen molar-refractivity contribution in [1.82, 2.24) is 15.1 Å². The van der Waals surface area contributed by atoms with Crippen molar-refractivity contribution in [2.75, 3.05) is 19.3 Å². The van der Waals surface area contributed by atoms with Crippen molar-refractivity contribution >= 4 is 11.6 Å². The van der Waals surface area contributed by atoms with Crippen LogP contribution in [0.2, 0.25) is 0 Å². The lowest BCUT2D eigenvalue weighted by Gasteiger charge is -2.16. The fourth-order valence-corrected chi connectivity index (χ4v) is 2.04. The molecule has 1 heterocycles. The molecule has 0 saturated heterocycles. The van der Waals surface area contributed by atoms with Crippen LogP contribution in [0.5, 0.6) is 0 Å². The van der Waals surface area contributed by atoms with Crippen LogP contribution in [0.4, 0.5) is 5.69 Å². The maximum atomic E-state index is 12.3. The number of nitrogens with zero attached hydrogens (tertiary/aromatic N) is 2. The van der Waals surface area contributed by atoms with E-state index in [4.69, 9.17) is 5.73 Å². The highest BCUT2D eigenvalue weighted by Gasteiger charge is 2.19. The summed E-state index contributed by atoms with van der Waals surface area (Å²) in [5.41, 5.74) is 8.71. The molecule has 0 spiro atoms. The minimum absolute atomic E-state index is 0.144. The van der Waals surface area contributed by atoms with Crippen LogP contribution >= 0.6 is 0 Å². The second-order valence-electron chi connectivity index (χ2n) is 4.78. The largest absolute Gasteiger partial charge is 0.395 e. The highest BCUT2D eigenvalue weighted by atomic mass is 16.2. The van der Waals surface area contributed by atoms with Gasteiger partial charge in [-0.2, -0.15) is 5.10 Å². The number of aromatic amines is 1. The molecule has 0 saturated carbocycles. The Morgan fingerprint density at radius 2 is 2.05 bits per heavy atom. The predicted molar refractivity (Wildman–Crippen MR) is 79.5 cm³/mol. The SMILES string of the molecule is CCc1[nH]nc(C(=O)N(C)CCc2ccccc2)c1N. The van der Waals surface area contributed by atoms with E-state index in [1.165, 1.54) is 5.56 Å². The zero-order valence-corrected chi connectivity index (χ0v) is 11.9. The van der Waals surface area contributed by atoms with Gasteiger partial charge in [0.05, 0.1) is 11.4 Å². The quantitative estimate of drug-likeness (QED) is 0.872. The fraction of sp³-hybridized carbons (Fsp3) is 0.333. The molecule has 5 heteroatoms. The zero-order valence-electron chi connectivity index (χ0n) is 11.9. The van der Waals surface area contributed by atoms with Gasteiger partial charge in [-0.25, -0.2) is 0 Å². The molecule has 1 aromatic heterocycles. The Hall–Kier alpha value is -2.30. The number of nitrogens with two attached hydrogens (primary N) is 1. The maximum Gasteiger partial charge on any atom is 0.276 e. The van der Waals surface area contributed by atoms with Gasteiger partial charge in [0.2, 0.25) is 0 Å². The van der Waals surface area contributed by atoms with Crippen molar-refractivity contribution < 1.29 is 4.79 Å². The molecule has 0 radical (unpaired) electrons. The van der Waals surface area contributed by atoms with Crippen LogP contribution < -0.4 is 5.73 Å². The second kappa shape index (κ2) is 6.23. The third kappa shape index (κ3) is 2.99. The first kappa shape index (κ1) is 14.1. The summed E-state index contributed by atoms with van der Waals surface area (Å²) in [7, 11) is 1.77. The number of likely N-dealkylation sites (N-methyl/N-ethyl adjacent to an activating group) is 1. The van der Waals surface area contributed by atoms with Crippen molar-refractivity contribution in [2.45, 2.75) is 19.8 Å². The van der Waals surface area contributed by atoms with E-state index in [0.29, 0.717) is 17.9 Å². The summed E-state index contributed by atoms with van der Waals surface area (Å²) in [5.74, 6) is -0.144. The number of nitrogens with one attached hydrogen (secondary N) is 1. The monoisotopic (exact) mass is 272 g/mol. The number of nitrogen functional groups attached to an aromatic ring is 1. The topological polar surface area (TPSA) is 75.0 Å². The summed E-state index contributed by atoms with van der Waals surface area (Å²) in [6.45, 7) is 2.61. The number of amides is 1. The lowest BCUT2D eigenvalue weighted by atomic mass is 10.1. The van der Waals surface area contributed by atoms with Gasteiger partial charge in [-0.05, 0) is 18.4 Å². The average molecular weight is 272 g/mol. The predicted octanol–water partition coefficient (Wildman–Crippen LogP) is 1.87. The van der Waals surface area contributed by atoms with E-state index in [-0.39, 0.29) is 5.91 Å². The van der Waals surface area contributed by atoms with E-state index in [1.807, 2.05) is 25.1 Å². The number of aryl methyl sites for hydroxylation is 1. The molecule has 0 atom stereocenters. The standard InChI is InChI=1S/C15H20N4O/c1-3-12-13(16)14(18-17-12)15(20)19(2)10-9-11-7-5-4-6-8-11/h4-8H,3,9-10,16H2,1-2H3,(H,17,18). The number of hydrogen-bond acceptors (Lipinski definition) is 3. The molecule has 0 bridgehead atoms. The van der Waals surface area contributed by atoms with Crippen molar-refractivity contribution in [1.29, 1.82) is 0 Å². The Labute approximate surface area is 118 Å². The van der Waals surface area contributed by atoms with Gasteiger partial charge in [-0.15, -0.1) is 0 Å². The maximum absolute atomic E-state index is 12.3. The number of anilines is 1. The second-order valence-corrected chi connectivity index (χ2v) is 4.78. The Morgan fingerprint density at radius 3 is 2.65 bits per heavy atom. The summed E-state index contributed by atoms with van der Waals surface area (Å²) >= 11 is 0. The first-order valence-electron chi connectivity index (χ1n) is 6.75. The van der Waals surface area contributed by atoms with E-state index in [9.17, 15) is 4.79 Å². The number of carbonyl (C=O) groups excluding carboxylic acids is 1. The normalized spacial score (nSPS) is 10.5. The molecular formula is C15H20N4O. The molecule has 1 aromatic carbocycles. The van der Waals surface area contributed by atoms with E-state index in [0.717, 1.165) is 18.5 Å². The minimum atomic E-state index is -0.144. The van der Waals surface area contributed by atoms with Crippen molar-refractivity contribution in [3.05, 3.63) is 47.3 Å². The minimum Gasteiger partial charge on any atom is -0.395 e. The lowest BCUT2D eigenvalue weighted by molar-refractivity contribution is 0.0792. The molecule has 0 unspecified atom stereocenters. The number of H-pyrrole nitrogens is 1. The van der Waals surface area contributed by atoms with Gasteiger partial charge >= 0.3 is 0 Å². The molecule has 0 fully saturated rings. The third-order valence-corrected chi connectivity index (χ3v) is 3.36. The Morgan fingerprint density at radius 1 is 1.35 bits per heavy atom. The molecule has 0 aliphatic heterocycles. The van der Waals surface area contributed by atoms with Gasteiger partial charge in [-0.3, -0.25) is 9.89 Å². The van der Waals surface area contributed by atoms with Crippen LogP contribution in [-0.2, 0) is 12.8 Å². The van der Waals surface area contributed by atoms with Crippen LogP contribution in [0.25, 0.3) is 0 Å². The number of benzene rings is 1. The van der Waals surface area contributed by atoms with E-state index in [1.54, 1.807) is 11.9 Å². The van der Waals surface area contributed by atoms with Gasteiger partial charge in [-0.1, -0.05) is 37.3 Å². The molecule has 0 aliphatic carbocycles. The van der Waals surface area contributed by atoms with Crippen molar-refractivity contribution in [3.8, 4) is 0 Å². The molecule has 5 nitrogen and oxygen atoms in total. The fourth-order valence-electron chi connectivity index (χ4n) is 2.04. The summed E-state index contributed by atoms with van der Waals surface area (Å²) in [6.07, 6.45) is 1.55. The zero-order chi connectivity index (χ0) is 14.5. The van der Waals surface area contributed by atoms with Crippen LogP contribution in [0.3, 0.4) is 0 Å². The summed E-state index contributed by atoms with van der Waals surface area (Å²) in [5, 5.41) is 6.83. The molecule has 20 heavy (non-hydrogen) atoms. The molecule has 0 aliphatic rings. The highest BCUT2D eigenvalue weighted by molar-refractivity contribution is 5.97. The smallest absolute Gasteiger partial charge is 0.276 e. The Bertz CT molecular complexity index is 577. The number of aromatic nitrogens is 2. The van der Waals surface area contributed by atoms with Gasteiger partial charge in [0, 0.05) is 13.6 Å². The van der Waals surface area contributed by atoms with Crippen LogP contribution in [-0.4, -0.2) is 34.6 Å². The van der Waals surface area contributed by atoms with Crippen LogP contribution in [0.15, 0.2) is 30.3 Å². The van der Waals surface area contributed by atoms with E-state index < -0.39 is 0 Å². The van der Waals surface area contributed by atoms with Gasteiger partial charge < -0.3 is 10.6 Å². The van der Waals surface area contributed by atoms with E-state index >= 15 is 0 Å².